The lowest BCUT2D eigenvalue weighted by atomic mass is 10.1. The molecular weight excluding hydrogens is 794 g/mol. The van der Waals surface area contributed by atoms with Crippen LogP contribution in [0, 0.1) is 0 Å². The zero-order chi connectivity index (χ0) is 45.5. The molecule has 0 aromatic rings. The number of rotatable bonds is 44. The molecule has 62 heavy (non-hydrogen) atoms. The Balaban J connectivity index is 4.31. The Morgan fingerprint density at radius 2 is 0.935 bits per heavy atom. The minimum atomic E-state index is -4.55. The highest BCUT2D eigenvalue weighted by atomic mass is 31.2. The van der Waals surface area contributed by atoms with Crippen LogP contribution >= 0.6 is 7.82 Å². The monoisotopic (exact) mass is 886 g/mol. The molecule has 0 aliphatic rings. The summed E-state index contributed by atoms with van der Waals surface area (Å²) in [6.07, 6.45) is 61.4. The number of ether oxygens (including phenoxy) is 2. The van der Waals surface area contributed by atoms with Crippen molar-refractivity contribution in [2.45, 2.75) is 180 Å². The van der Waals surface area contributed by atoms with Crippen LogP contribution in [0.4, 0.5) is 0 Å². The van der Waals surface area contributed by atoms with Gasteiger partial charge in [0.25, 0.3) is 7.82 Å². The van der Waals surface area contributed by atoms with Crippen LogP contribution < -0.4 is 4.89 Å². The van der Waals surface area contributed by atoms with Crippen LogP contribution in [0.5, 0.6) is 0 Å². The van der Waals surface area contributed by atoms with Crippen molar-refractivity contribution in [3.05, 3.63) is 97.2 Å². The molecule has 0 fully saturated rings. The molecule has 2 atom stereocenters. The molecule has 0 aliphatic heterocycles. The number of hydrogen-bond donors (Lipinski definition) is 0. The first kappa shape index (κ1) is 59.4. The predicted molar refractivity (Wildman–Crippen MR) is 263 cm³/mol. The molecule has 0 saturated carbocycles. The average molecular weight is 886 g/mol. The average Bonchev–Trinajstić information content (AvgIpc) is 3.23. The molecule has 0 radical (unpaired) electrons. The molecule has 356 valence electrons. The van der Waals surface area contributed by atoms with E-state index in [-0.39, 0.29) is 32.2 Å². The molecule has 2 unspecified atom stereocenters. The fourth-order valence-electron chi connectivity index (χ4n) is 6.11. The maximum atomic E-state index is 12.7. The summed E-state index contributed by atoms with van der Waals surface area (Å²) in [7, 11) is 1.31. The fourth-order valence-corrected chi connectivity index (χ4v) is 6.84. The van der Waals surface area contributed by atoms with Gasteiger partial charge in [0.05, 0.1) is 34.4 Å². The van der Waals surface area contributed by atoms with Crippen molar-refractivity contribution >= 4 is 13.8 Å². The molecule has 0 aromatic heterocycles. The lowest BCUT2D eigenvalue weighted by Gasteiger charge is -2.28. The first-order valence-corrected chi connectivity index (χ1v) is 25.9. The van der Waals surface area contributed by atoms with Crippen LogP contribution in [-0.2, 0) is 27.9 Å². The van der Waals surface area contributed by atoms with Gasteiger partial charge in [-0.3, -0.25) is 9.36 Å². The molecule has 0 saturated heterocycles. The Kier molecular flexibility index (Phi) is 43.1. The normalized spacial score (nSPS) is 14.5. The number of quaternary nitrogens is 1. The van der Waals surface area contributed by atoms with Crippen LogP contribution in [0.3, 0.4) is 0 Å². The Bertz CT molecular complexity index is 1310. The molecular formula is C53H92NO7P. The first-order valence-electron chi connectivity index (χ1n) is 24.5. The Morgan fingerprint density at radius 3 is 1.40 bits per heavy atom. The van der Waals surface area contributed by atoms with Gasteiger partial charge in [0, 0.05) is 13.0 Å². The van der Waals surface area contributed by atoms with Gasteiger partial charge in [0.1, 0.15) is 19.3 Å². The number of phosphoric acid groups is 1. The third-order valence-corrected chi connectivity index (χ3v) is 10.8. The SMILES string of the molecule is CC/C=C\C/C=C\C/C=C\C/C=C\C/C=C\C/C=C\CCCCC(=O)OC(COCCCCCCCCCC/C=C\C/C=C\CCCCCC)COP(=O)([O-])OCC[N+](C)(C)C. The molecule has 0 heterocycles. The summed E-state index contributed by atoms with van der Waals surface area (Å²) in [5.41, 5.74) is 0. The van der Waals surface area contributed by atoms with E-state index in [0.717, 1.165) is 77.0 Å². The summed E-state index contributed by atoms with van der Waals surface area (Å²) >= 11 is 0. The maximum absolute atomic E-state index is 12.7. The fraction of sp³-hybridized carbons (Fsp3) is 0.679. The van der Waals surface area contributed by atoms with Gasteiger partial charge < -0.3 is 27.9 Å². The number of likely N-dealkylation sites (N-methyl/N-ethyl adjacent to an activating group) is 1. The topological polar surface area (TPSA) is 94.1 Å². The van der Waals surface area contributed by atoms with Crippen LogP contribution in [0.25, 0.3) is 0 Å². The van der Waals surface area contributed by atoms with Crippen molar-refractivity contribution in [3.63, 3.8) is 0 Å². The second-order valence-corrected chi connectivity index (χ2v) is 18.5. The van der Waals surface area contributed by atoms with Gasteiger partial charge in [0.2, 0.25) is 0 Å². The Hall–Kier alpha value is -2.58. The van der Waals surface area contributed by atoms with Crippen molar-refractivity contribution in [1.29, 1.82) is 0 Å². The number of carbonyl (C=O) groups excluding carboxylic acids is 1. The molecule has 0 aromatic carbocycles. The minimum absolute atomic E-state index is 0.0107. The number of phosphoric ester groups is 1. The van der Waals surface area contributed by atoms with Gasteiger partial charge >= 0.3 is 5.97 Å². The number of allylic oxidation sites excluding steroid dienone is 16. The summed E-state index contributed by atoms with van der Waals surface area (Å²) in [6.45, 7) is 5.19. The molecule has 0 rings (SSSR count). The van der Waals surface area contributed by atoms with E-state index < -0.39 is 13.9 Å². The summed E-state index contributed by atoms with van der Waals surface area (Å²) in [5, 5.41) is 0. The largest absolute Gasteiger partial charge is 0.756 e. The summed E-state index contributed by atoms with van der Waals surface area (Å²) in [4.78, 5) is 25.1. The molecule has 0 bridgehead atoms. The zero-order valence-electron chi connectivity index (χ0n) is 40.3. The quantitative estimate of drug-likeness (QED) is 0.0198. The molecule has 0 aliphatic carbocycles. The van der Waals surface area contributed by atoms with E-state index in [1.165, 1.54) is 70.6 Å². The third-order valence-electron chi connectivity index (χ3n) is 9.87. The van der Waals surface area contributed by atoms with Gasteiger partial charge in [-0.2, -0.15) is 0 Å². The highest BCUT2D eigenvalue weighted by molar-refractivity contribution is 7.45. The summed E-state index contributed by atoms with van der Waals surface area (Å²) in [6, 6.07) is 0. The lowest BCUT2D eigenvalue weighted by Crippen LogP contribution is -2.37. The van der Waals surface area contributed by atoms with E-state index in [1.807, 2.05) is 21.1 Å². The first-order chi connectivity index (χ1) is 30.1. The van der Waals surface area contributed by atoms with Gasteiger partial charge in [-0.05, 0) is 96.3 Å². The van der Waals surface area contributed by atoms with E-state index in [9.17, 15) is 14.3 Å². The van der Waals surface area contributed by atoms with E-state index in [2.05, 4.69) is 111 Å². The van der Waals surface area contributed by atoms with E-state index in [1.54, 1.807) is 0 Å². The highest BCUT2D eigenvalue weighted by Gasteiger charge is 2.20. The van der Waals surface area contributed by atoms with Gasteiger partial charge in [-0.25, -0.2) is 0 Å². The van der Waals surface area contributed by atoms with Crippen LogP contribution in [0.15, 0.2) is 97.2 Å². The van der Waals surface area contributed by atoms with E-state index in [0.29, 0.717) is 24.1 Å². The number of unbranched alkanes of at least 4 members (excludes halogenated alkanes) is 14. The van der Waals surface area contributed by atoms with Crippen molar-refractivity contribution in [2.24, 2.45) is 0 Å². The summed E-state index contributed by atoms with van der Waals surface area (Å²) < 4.78 is 34.6. The summed E-state index contributed by atoms with van der Waals surface area (Å²) in [5.74, 6) is -0.381. The minimum Gasteiger partial charge on any atom is -0.756 e. The number of hydrogen-bond acceptors (Lipinski definition) is 7. The molecule has 0 amide bonds. The van der Waals surface area contributed by atoms with Crippen molar-refractivity contribution < 1.29 is 37.3 Å². The second kappa shape index (κ2) is 45.0. The van der Waals surface area contributed by atoms with E-state index in [4.69, 9.17) is 18.5 Å². The van der Waals surface area contributed by atoms with Gasteiger partial charge in [0.15, 0.2) is 0 Å². The van der Waals surface area contributed by atoms with Crippen molar-refractivity contribution in [1.82, 2.24) is 0 Å². The Labute approximate surface area is 381 Å². The third kappa shape index (κ3) is 48.5. The molecule has 9 heteroatoms. The smallest absolute Gasteiger partial charge is 0.306 e. The predicted octanol–water partition coefficient (Wildman–Crippen LogP) is 14.4. The van der Waals surface area contributed by atoms with Gasteiger partial charge in [-0.1, -0.05) is 169 Å². The standard InChI is InChI=1S/C53H92NO7P/c1-6-8-10-12-14-16-18-20-22-24-26-27-28-30-32-34-36-38-40-42-44-46-53(55)61-52(51-60-62(56,57)59-49-47-54(3,4)5)50-58-48-45-43-41-39-37-35-33-31-29-25-23-21-19-17-15-13-11-9-7-2/h8,10,14,16-17,19-20,22-23,25-27,30,32,36,38,52H,6-7,9,11-13,15,18,21,24,28-29,31,33-35,37,39-51H2,1-5H3/b10-8-,16-14-,19-17-,22-20-,25-23-,27-26-,32-30-,38-36-. The van der Waals surface area contributed by atoms with Crippen LogP contribution in [-0.4, -0.2) is 70.7 Å². The number of nitrogens with zero attached hydrogens (tertiary/aromatic N) is 1. The molecule has 0 spiro atoms. The zero-order valence-corrected chi connectivity index (χ0v) is 41.2. The van der Waals surface area contributed by atoms with Crippen molar-refractivity contribution in [2.75, 3.05) is 54.1 Å². The lowest BCUT2D eigenvalue weighted by molar-refractivity contribution is -0.870. The molecule has 8 nitrogen and oxygen atoms in total. The van der Waals surface area contributed by atoms with E-state index >= 15 is 0 Å². The number of esters is 1. The maximum Gasteiger partial charge on any atom is 0.306 e. The second-order valence-electron chi connectivity index (χ2n) is 17.1. The van der Waals surface area contributed by atoms with Gasteiger partial charge in [-0.15, -0.1) is 0 Å². The highest BCUT2D eigenvalue weighted by Crippen LogP contribution is 2.38. The van der Waals surface area contributed by atoms with Crippen LogP contribution in [0.2, 0.25) is 0 Å². The Morgan fingerprint density at radius 1 is 0.516 bits per heavy atom. The van der Waals surface area contributed by atoms with Crippen molar-refractivity contribution in [3.8, 4) is 0 Å². The molecule has 0 N–H and O–H groups in total. The van der Waals surface area contributed by atoms with Crippen LogP contribution in [0.1, 0.15) is 174 Å². The number of carbonyl (C=O) groups is 1.